The Kier molecular flexibility index (Phi) is 11.6. The molecule has 0 spiro atoms. The first-order chi connectivity index (χ1) is 25.7. The van der Waals surface area contributed by atoms with Gasteiger partial charge in [0.15, 0.2) is 0 Å². The summed E-state index contributed by atoms with van der Waals surface area (Å²) in [6.45, 7) is 7.25. The topological polar surface area (TPSA) is 183 Å². The highest BCUT2D eigenvalue weighted by atomic mass is 32.2. The summed E-state index contributed by atoms with van der Waals surface area (Å²) in [7, 11) is -2.42. The quantitative estimate of drug-likeness (QED) is 0.244. The lowest BCUT2D eigenvalue weighted by Crippen LogP contribution is -2.57. The number of rotatable bonds is 11. The molecule has 6 rings (SSSR count). The highest BCUT2D eigenvalue weighted by molar-refractivity contribution is 7.91. The normalized spacial score (nSPS) is 27.5. The first-order valence-electron chi connectivity index (χ1n) is 19.3. The van der Waals surface area contributed by atoms with Crippen LogP contribution in [0.3, 0.4) is 0 Å². The second kappa shape index (κ2) is 15.8. The number of hydrogen-bond donors (Lipinski definition) is 2. The molecule has 0 bridgehead atoms. The van der Waals surface area contributed by atoms with Crippen molar-refractivity contribution in [2.24, 2.45) is 11.8 Å². The van der Waals surface area contributed by atoms with Crippen LogP contribution in [-0.4, -0.2) is 89.2 Å². The van der Waals surface area contributed by atoms with Crippen molar-refractivity contribution in [2.75, 3.05) is 13.7 Å². The van der Waals surface area contributed by atoms with Gasteiger partial charge in [0, 0.05) is 24.3 Å². The van der Waals surface area contributed by atoms with E-state index in [2.05, 4.69) is 20.0 Å². The number of fused-ring (bicyclic) bond motifs is 3. The number of amides is 3. The molecule has 4 aliphatic rings. The summed E-state index contributed by atoms with van der Waals surface area (Å²) in [5, 5.41) is 2.90. The zero-order chi connectivity index (χ0) is 38.8. The van der Waals surface area contributed by atoms with E-state index >= 15 is 0 Å². The van der Waals surface area contributed by atoms with Crippen molar-refractivity contribution in [2.45, 2.75) is 133 Å². The standard InChI is InChI=1S/C39H53N5O9S/c1-6-27(7-2)52-33(45)19-25-13-11-9-8-10-12-14-26-22-39(26,37(48)43-54(49,50)38(4)17-18-38)42-34(46)32-21-29(23-44(32)36(25)47)53-35-24(3)40-30-16-15-28(51-5)20-31(30)41-35/h12,14-16,20,25-27,29,32H,6-11,13,17-19,21-23H2,1-5H3,(H,42,46)(H,43,48)/b14-12-/t25-,26-,29-,32+,39-/m1/s1. The average molecular weight is 768 g/mol. The van der Waals surface area contributed by atoms with Gasteiger partial charge in [0.1, 0.15) is 35.2 Å². The molecule has 14 nitrogen and oxygen atoms in total. The Morgan fingerprint density at radius 2 is 1.85 bits per heavy atom. The highest BCUT2D eigenvalue weighted by Crippen LogP contribution is 2.47. The van der Waals surface area contributed by atoms with Gasteiger partial charge < -0.3 is 24.4 Å². The number of sulfonamides is 1. The van der Waals surface area contributed by atoms with Crippen LogP contribution < -0.4 is 19.5 Å². The summed E-state index contributed by atoms with van der Waals surface area (Å²) in [5.41, 5.74) is 0.205. The molecular formula is C39H53N5O9S. The van der Waals surface area contributed by atoms with Gasteiger partial charge in [0.05, 0.1) is 35.9 Å². The Morgan fingerprint density at radius 1 is 1.09 bits per heavy atom. The molecule has 1 saturated heterocycles. The van der Waals surface area contributed by atoms with Crippen LogP contribution in [0, 0.1) is 18.8 Å². The Morgan fingerprint density at radius 3 is 2.56 bits per heavy atom. The molecule has 3 heterocycles. The maximum absolute atomic E-state index is 14.6. The number of nitrogens with one attached hydrogen (secondary N) is 2. The van der Waals surface area contributed by atoms with E-state index in [4.69, 9.17) is 14.2 Å². The van der Waals surface area contributed by atoms with Crippen LogP contribution in [0.1, 0.15) is 104 Å². The molecule has 15 heteroatoms. The predicted molar refractivity (Wildman–Crippen MR) is 200 cm³/mol. The summed E-state index contributed by atoms with van der Waals surface area (Å²) in [5.74, 6) is -2.56. The van der Waals surface area contributed by atoms with E-state index in [0.29, 0.717) is 67.4 Å². The Bertz CT molecular complexity index is 1910. The highest BCUT2D eigenvalue weighted by Gasteiger charge is 2.63. The van der Waals surface area contributed by atoms with Gasteiger partial charge in [-0.3, -0.25) is 23.9 Å². The van der Waals surface area contributed by atoms with Crippen LogP contribution in [0.5, 0.6) is 11.6 Å². The molecule has 0 unspecified atom stereocenters. The van der Waals surface area contributed by atoms with Crippen molar-refractivity contribution in [3.8, 4) is 11.6 Å². The van der Waals surface area contributed by atoms with Crippen molar-refractivity contribution in [1.29, 1.82) is 0 Å². The maximum atomic E-state index is 14.6. The number of methoxy groups -OCH3 is 1. The SMILES string of the molecule is CCC(CC)OC(=O)C[C@H]1CCCCC/C=C\[C@@H]2C[C@@]2(C(=O)NS(=O)(=O)C2(C)CC2)NC(=O)[C@@H]2C[C@@H](Oc3nc4cc(OC)ccc4nc3C)CN2C1=O. The van der Waals surface area contributed by atoms with Gasteiger partial charge in [-0.25, -0.2) is 18.4 Å². The molecule has 2 N–H and O–H groups in total. The fourth-order valence-electron chi connectivity index (χ4n) is 7.47. The molecule has 5 atom stereocenters. The van der Waals surface area contributed by atoms with Crippen LogP contribution in [0.2, 0.25) is 0 Å². The molecule has 3 fully saturated rings. The third-order valence-corrected chi connectivity index (χ3v) is 13.6. The molecule has 1 aromatic carbocycles. The van der Waals surface area contributed by atoms with Gasteiger partial charge in [-0.15, -0.1) is 0 Å². The number of ether oxygens (including phenoxy) is 3. The van der Waals surface area contributed by atoms with Crippen molar-refractivity contribution in [3.05, 3.63) is 36.0 Å². The van der Waals surface area contributed by atoms with Gasteiger partial charge in [0.25, 0.3) is 5.91 Å². The van der Waals surface area contributed by atoms with Crippen molar-refractivity contribution in [1.82, 2.24) is 24.9 Å². The largest absolute Gasteiger partial charge is 0.497 e. The molecule has 294 valence electrons. The number of esters is 1. The van der Waals surface area contributed by atoms with Crippen LogP contribution in [0.4, 0.5) is 0 Å². The second-order valence-corrected chi connectivity index (χ2v) is 17.7. The number of aryl methyl sites for hydroxylation is 1. The van der Waals surface area contributed by atoms with E-state index in [0.717, 1.165) is 12.8 Å². The summed E-state index contributed by atoms with van der Waals surface area (Å²) >= 11 is 0. The van der Waals surface area contributed by atoms with Crippen LogP contribution >= 0.6 is 0 Å². The smallest absolute Gasteiger partial charge is 0.306 e. The molecule has 3 amide bonds. The van der Waals surface area contributed by atoms with E-state index in [9.17, 15) is 27.6 Å². The zero-order valence-corrected chi connectivity index (χ0v) is 32.7. The van der Waals surface area contributed by atoms with E-state index in [-0.39, 0.29) is 43.7 Å². The number of carbonyl (C=O) groups is 4. The zero-order valence-electron chi connectivity index (χ0n) is 31.9. The van der Waals surface area contributed by atoms with Gasteiger partial charge >= 0.3 is 5.97 Å². The Labute approximate surface area is 317 Å². The minimum Gasteiger partial charge on any atom is -0.497 e. The summed E-state index contributed by atoms with van der Waals surface area (Å²) < 4.78 is 45.0. The minimum absolute atomic E-state index is 0.0154. The third kappa shape index (κ3) is 8.35. The average Bonchev–Trinajstić information content (AvgIpc) is 4.02. The van der Waals surface area contributed by atoms with Crippen molar-refractivity contribution >= 4 is 44.7 Å². The monoisotopic (exact) mass is 767 g/mol. The third-order valence-electron chi connectivity index (χ3n) is 11.5. The Balaban J connectivity index is 1.30. The van der Waals surface area contributed by atoms with E-state index in [1.807, 2.05) is 26.0 Å². The van der Waals surface area contributed by atoms with Crippen molar-refractivity contribution in [3.63, 3.8) is 0 Å². The molecule has 2 saturated carbocycles. The summed E-state index contributed by atoms with van der Waals surface area (Å²) in [6.07, 6.45) is 8.71. The number of nitrogens with zero attached hydrogens (tertiary/aromatic N) is 3. The number of hydrogen-bond acceptors (Lipinski definition) is 11. The number of carbonyl (C=O) groups excluding carboxylic acids is 4. The lowest BCUT2D eigenvalue weighted by Gasteiger charge is -2.29. The van der Waals surface area contributed by atoms with Crippen molar-refractivity contribution < 1.29 is 41.8 Å². The first kappa shape index (κ1) is 39.4. The second-order valence-electron chi connectivity index (χ2n) is 15.5. The molecule has 2 aliphatic heterocycles. The molecular weight excluding hydrogens is 715 g/mol. The van der Waals surface area contributed by atoms with Gasteiger partial charge in [0.2, 0.25) is 27.7 Å². The molecule has 2 aromatic rings. The summed E-state index contributed by atoms with van der Waals surface area (Å²) in [4.78, 5) is 66.8. The maximum Gasteiger partial charge on any atom is 0.306 e. The van der Waals surface area contributed by atoms with Gasteiger partial charge in [-0.1, -0.05) is 38.8 Å². The van der Waals surface area contributed by atoms with Crippen LogP contribution in [-0.2, 0) is 33.9 Å². The van der Waals surface area contributed by atoms with E-state index in [1.165, 1.54) is 4.90 Å². The molecule has 54 heavy (non-hydrogen) atoms. The van der Waals surface area contributed by atoms with Gasteiger partial charge in [-0.2, -0.15) is 0 Å². The number of allylic oxidation sites excluding steroid dienone is 1. The lowest BCUT2D eigenvalue weighted by atomic mass is 9.95. The predicted octanol–water partition coefficient (Wildman–Crippen LogP) is 4.43. The molecule has 1 aromatic heterocycles. The fraction of sp³-hybridized carbons (Fsp3) is 0.641. The Hall–Kier alpha value is -4.27. The summed E-state index contributed by atoms with van der Waals surface area (Å²) in [6, 6.07) is 4.25. The van der Waals surface area contributed by atoms with E-state index in [1.54, 1.807) is 39.2 Å². The minimum atomic E-state index is -3.98. The number of aromatic nitrogens is 2. The fourth-order valence-corrected chi connectivity index (χ4v) is 8.78. The first-order valence-corrected chi connectivity index (χ1v) is 20.7. The molecule has 2 aliphatic carbocycles. The van der Waals surface area contributed by atoms with Crippen LogP contribution in [0.15, 0.2) is 30.4 Å². The number of benzene rings is 1. The van der Waals surface area contributed by atoms with Crippen LogP contribution in [0.25, 0.3) is 11.0 Å². The lowest BCUT2D eigenvalue weighted by molar-refractivity contribution is -0.154. The van der Waals surface area contributed by atoms with E-state index < -0.39 is 62.1 Å². The van der Waals surface area contributed by atoms with Gasteiger partial charge in [-0.05, 0) is 77.3 Å². The molecule has 0 radical (unpaired) electrons.